The second kappa shape index (κ2) is 8.16. The molecule has 0 atom stereocenters. The number of nitriles is 1. The van der Waals surface area contributed by atoms with Gasteiger partial charge in [0.05, 0.1) is 6.20 Å². The summed E-state index contributed by atoms with van der Waals surface area (Å²) in [6, 6.07) is 2.09. The molecule has 0 bridgehead atoms. The number of aromatic nitrogens is 3. The molecule has 8 nitrogen and oxygen atoms in total. The number of carbonyl (C=O) groups excluding carboxylic acids is 2. The maximum Gasteiger partial charge on any atom is 0.224 e. The van der Waals surface area contributed by atoms with Gasteiger partial charge in [-0.25, -0.2) is 9.50 Å². The van der Waals surface area contributed by atoms with Crippen molar-refractivity contribution in [3.05, 3.63) is 28.7 Å². The average Bonchev–Trinajstić information content (AvgIpc) is 3.31. The van der Waals surface area contributed by atoms with Crippen molar-refractivity contribution in [2.24, 2.45) is 0 Å². The second-order valence-corrected chi connectivity index (χ2v) is 6.85. The monoisotopic (exact) mass is 368 g/mol. The van der Waals surface area contributed by atoms with Gasteiger partial charge >= 0.3 is 0 Å². The van der Waals surface area contributed by atoms with Crippen LogP contribution in [0.2, 0.25) is 0 Å². The minimum atomic E-state index is -0.0821. The van der Waals surface area contributed by atoms with Crippen LogP contribution in [-0.2, 0) is 16.0 Å². The van der Waals surface area contributed by atoms with Gasteiger partial charge in [-0.05, 0) is 38.7 Å². The van der Waals surface area contributed by atoms with Crippen molar-refractivity contribution in [1.82, 2.24) is 24.8 Å². The number of amides is 2. The van der Waals surface area contributed by atoms with Crippen LogP contribution in [0.15, 0.2) is 6.20 Å². The molecule has 1 saturated heterocycles. The Morgan fingerprint density at radius 3 is 2.70 bits per heavy atom. The van der Waals surface area contributed by atoms with Crippen LogP contribution >= 0.6 is 0 Å². The highest BCUT2D eigenvalue weighted by Crippen LogP contribution is 2.18. The van der Waals surface area contributed by atoms with Crippen molar-refractivity contribution in [3.63, 3.8) is 0 Å². The van der Waals surface area contributed by atoms with E-state index in [0.29, 0.717) is 37.0 Å². The van der Waals surface area contributed by atoms with E-state index in [9.17, 15) is 9.59 Å². The van der Waals surface area contributed by atoms with Crippen molar-refractivity contribution in [2.45, 2.75) is 46.0 Å². The van der Waals surface area contributed by atoms with Gasteiger partial charge in [-0.15, -0.1) is 0 Å². The van der Waals surface area contributed by atoms with Crippen LogP contribution < -0.4 is 5.32 Å². The minimum absolute atomic E-state index is 0.0821. The van der Waals surface area contributed by atoms with Crippen LogP contribution in [0.5, 0.6) is 0 Å². The molecular weight excluding hydrogens is 344 g/mol. The zero-order chi connectivity index (χ0) is 19.4. The van der Waals surface area contributed by atoms with Crippen LogP contribution in [0.1, 0.15) is 48.2 Å². The molecule has 2 aromatic rings. The number of aryl methyl sites for hydroxylation is 2. The summed E-state index contributed by atoms with van der Waals surface area (Å²) in [5, 5.41) is 16.2. The quantitative estimate of drug-likeness (QED) is 0.827. The van der Waals surface area contributed by atoms with E-state index in [-0.39, 0.29) is 11.8 Å². The summed E-state index contributed by atoms with van der Waals surface area (Å²) in [6.45, 7) is 5.83. The minimum Gasteiger partial charge on any atom is -0.356 e. The topological polar surface area (TPSA) is 103 Å². The Morgan fingerprint density at radius 1 is 1.26 bits per heavy atom. The summed E-state index contributed by atoms with van der Waals surface area (Å²) < 4.78 is 1.65. The third-order valence-corrected chi connectivity index (χ3v) is 5.05. The number of rotatable bonds is 6. The fourth-order valence-corrected chi connectivity index (χ4v) is 3.51. The van der Waals surface area contributed by atoms with Gasteiger partial charge in [-0.2, -0.15) is 10.4 Å². The van der Waals surface area contributed by atoms with E-state index < -0.39 is 0 Å². The maximum atomic E-state index is 12.1. The molecule has 1 aliphatic heterocycles. The van der Waals surface area contributed by atoms with E-state index >= 15 is 0 Å². The molecule has 2 aromatic heterocycles. The molecule has 0 saturated carbocycles. The van der Waals surface area contributed by atoms with Gasteiger partial charge < -0.3 is 10.2 Å². The molecule has 2 amide bonds. The highest BCUT2D eigenvalue weighted by molar-refractivity contribution is 5.79. The Hall–Kier alpha value is -2.95. The highest BCUT2D eigenvalue weighted by atomic mass is 16.2. The molecule has 1 N–H and O–H groups in total. The number of hydrogen-bond donors (Lipinski definition) is 1. The summed E-state index contributed by atoms with van der Waals surface area (Å²) in [4.78, 5) is 30.4. The van der Waals surface area contributed by atoms with Gasteiger partial charge in [-0.3, -0.25) is 9.59 Å². The Morgan fingerprint density at radius 2 is 2.00 bits per heavy atom. The Labute approximate surface area is 158 Å². The predicted octanol–water partition coefficient (Wildman–Crippen LogP) is 1.28. The molecule has 3 heterocycles. The van der Waals surface area contributed by atoms with E-state index in [4.69, 9.17) is 5.26 Å². The third kappa shape index (κ3) is 4.08. The van der Waals surface area contributed by atoms with Crippen LogP contribution in [0.3, 0.4) is 0 Å². The van der Waals surface area contributed by atoms with Gasteiger partial charge in [-0.1, -0.05) is 0 Å². The van der Waals surface area contributed by atoms with Crippen LogP contribution in [0, 0.1) is 25.2 Å². The molecule has 3 rings (SSSR count). The van der Waals surface area contributed by atoms with Gasteiger partial charge in [0.1, 0.15) is 11.6 Å². The Bertz CT molecular complexity index is 905. The standard InChI is InChI=1S/C19H24N6O2/c1-13-16(14(2)25-19(23-13)15(11-20)12-22-25)5-6-17(26)21-8-7-18(27)24-9-3-4-10-24/h12H,3-10H2,1-2H3,(H,21,26). The van der Waals surface area contributed by atoms with Crippen molar-refractivity contribution in [1.29, 1.82) is 5.26 Å². The first kappa shape index (κ1) is 18.8. The van der Waals surface area contributed by atoms with Gasteiger partial charge in [0.25, 0.3) is 0 Å². The number of nitrogens with one attached hydrogen (secondary N) is 1. The molecule has 142 valence electrons. The van der Waals surface area contributed by atoms with Crippen molar-refractivity contribution >= 4 is 17.5 Å². The molecular formula is C19H24N6O2. The Balaban J connectivity index is 1.54. The molecule has 0 radical (unpaired) electrons. The molecule has 0 spiro atoms. The first-order valence-electron chi connectivity index (χ1n) is 9.29. The Kier molecular flexibility index (Phi) is 5.69. The smallest absolute Gasteiger partial charge is 0.224 e. The number of carbonyl (C=O) groups is 2. The number of nitrogens with zero attached hydrogens (tertiary/aromatic N) is 5. The normalized spacial score (nSPS) is 13.7. The molecule has 27 heavy (non-hydrogen) atoms. The molecule has 1 fully saturated rings. The maximum absolute atomic E-state index is 12.1. The van der Waals surface area contributed by atoms with E-state index in [2.05, 4.69) is 21.5 Å². The van der Waals surface area contributed by atoms with Crippen molar-refractivity contribution in [2.75, 3.05) is 19.6 Å². The number of hydrogen-bond acceptors (Lipinski definition) is 5. The lowest BCUT2D eigenvalue weighted by atomic mass is 10.1. The lowest BCUT2D eigenvalue weighted by Crippen LogP contribution is -2.32. The number of fused-ring (bicyclic) bond motifs is 1. The van der Waals surface area contributed by atoms with E-state index in [1.807, 2.05) is 18.7 Å². The summed E-state index contributed by atoms with van der Waals surface area (Å²) in [5.41, 5.74) is 3.62. The van der Waals surface area contributed by atoms with Crippen LogP contribution in [0.25, 0.3) is 5.65 Å². The third-order valence-electron chi connectivity index (χ3n) is 5.05. The molecule has 0 aromatic carbocycles. The zero-order valence-electron chi connectivity index (χ0n) is 15.8. The first-order valence-corrected chi connectivity index (χ1v) is 9.29. The van der Waals surface area contributed by atoms with Crippen molar-refractivity contribution < 1.29 is 9.59 Å². The SMILES string of the molecule is Cc1nc2c(C#N)cnn2c(C)c1CCC(=O)NCCC(=O)N1CCCC1. The summed E-state index contributed by atoms with van der Waals surface area (Å²) in [6.07, 6.45) is 4.85. The van der Waals surface area contributed by atoms with E-state index in [1.165, 1.54) is 6.20 Å². The average molecular weight is 368 g/mol. The number of likely N-dealkylation sites (tertiary alicyclic amines) is 1. The largest absolute Gasteiger partial charge is 0.356 e. The van der Waals surface area contributed by atoms with Crippen molar-refractivity contribution in [3.8, 4) is 6.07 Å². The molecule has 0 aliphatic carbocycles. The summed E-state index contributed by atoms with van der Waals surface area (Å²) >= 11 is 0. The van der Waals surface area contributed by atoms with E-state index in [0.717, 1.165) is 42.9 Å². The van der Waals surface area contributed by atoms with Crippen LogP contribution in [-0.4, -0.2) is 50.9 Å². The van der Waals surface area contributed by atoms with Crippen LogP contribution in [0.4, 0.5) is 0 Å². The second-order valence-electron chi connectivity index (χ2n) is 6.85. The highest BCUT2D eigenvalue weighted by Gasteiger charge is 2.18. The predicted molar refractivity (Wildman–Crippen MR) is 98.9 cm³/mol. The van der Waals surface area contributed by atoms with Gasteiger partial charge in [0, 0.05) is 43.9 Å². The van der Waals surface area contributed by atoms with Gasteiger partial charge in [0.2, 0.25) is 11.8 Å². The fourth-order valence-electron chi connectivity index (χ4n) is 3.51. The molecule has 1 aliphatic rings. The lowest BCUT2D eigenvalue weighted by molar-refractivity contribution is -0.130. The molecule has 0 unspecified atom stereocenters. The van der Waals surface area contributed by atoms with E-state index in [1.54, 1.807) is 4.52 Å². The zero-order valence-corrected chi connectivity index (χ0v) is 15.8. The van der Waals surface area contributed by atoms with Gasteiger partial charge in [0.15, 0.2) is 5.65 Å². The fraction of sp³-hybridized carbons (Fsp3) is 0.526. The first-order chi connectivity index (χ1) is 13.0. The summed E-state index contributed by atoms with van der Waals surface area (Å²) in [5.74, 6) is 0.0300. The lowest BCUT2D eigenvalue weighted by Gasteiger charge is -2.15. The molecule has 8 heteroatoms. The summed E-state index contributed by atoms with van der Waals surface area (Å²) in [7, 11) is 0.